The van der Waals surface area contributed by atoms with Gasteiger partial charge in [-0.2, -0.15) is 5.26 Å². The summed E-state index contributed by atoms with van der Waals surface area (Å²) < 4.78 is 6.36. The number of aromatic hydroxyl groups is 1. The molecule has 2 aromatic carbocycles. The first-order valence-electron chi connectivity index (χ1n) is 8.42. The molecule has 2 rings (SSSR count). The number of hydrogen-bond donors (Lipinski definition) is 4. The summed E-state index contributed by atoms with van der Waals surface area (Å²) in [6, 6.07) is 13.1. The van der Waals surface area contributed by atoms with Crippen LogP contribution in [0.5, 0.6) is 5.75 Å². The summed E-state index contributed by atoms with van der Waals surface area (Å²) in [5, 5.41) is 30.3. The topological polar surface area (TPSA) is 132 Å². The Balaban J connectivity index is 2.25. The molecule has 0 aliphatic heterocycles. The number of anilines is 1. The number of nitrogens with zero attached hydrogens (tertiary/aromatic N) is 1. The molecular weight excluding hydrogens is 489 g/mol. The van der Waals surface area contributed by atoms with Gasteiger partial charge in [-0.15, -0.1) is 0 Å². The predicted molar refractivity (Wildman–Crippen MR) is 113 cm³/mol. The molecule has 0 saturated heterocycles. The fourth-order valence-electron chi connectivity index (χ4n) is 2.48. The maximum Gasteiger partial charge on any atom is 0.412 e. The number of nitrogens with one attached hydrogen (secondary N) is 2. The lowest BCUT2D eigenvalue weighted by Crippen LogP contribution is -2.22. The van der Waals surface area contributed by atoms with E-state index < -0.39 is 24.0 Å². The number of rotatable bonds is 6. The van der Waals surface area contributed by atoms with Crippen LogP contribution in [0.2, 0.25) is 0 Å². The molecule has 29 heavy (non-hydrogen) atoms. The van der Waals surface area contributed by atoms with Gasteiger partial charge in [0.25, 0.3) is 5.91 Å². The van der Waals surface area contributed by atoms with Crippen molar-refractivity contribution >= 4 is 40.3 Å². The van der Waals surface area contributed by atoms with Crippen molar-refractivity contribution in [3.05, 3.63) is 69.3 Å². The van der Waals surface area contributed by atoms with Crippen molar-refractivity contribution in [1.82, 2.24) is 5.48 Å². The van der Waals surface area contributed by atoms with E-state index in [9.17, 15) is 14.7 Å². The Bertz CT molecular complexity index is 954. The van der Waals surface area contributed by atoms with Crippen LogP contribution in [0.1, 0.15) is 24.2 Å². The third-order valence-electron chi connectivity index (χ3n) is 3.93. The number of carbonyl (C=O) groups is 2. The molecule has 0 heterocycles. The summed E-state index contributed by atoms with van der Waals surface area (Å²) in [5.74, 6) is -1.30. The molecule has 0 aliphatic carbocycles. The SMILES string of the molecule is C[C@@H](/C=C/C(=O)NO)[C@H](OC(=O)Nc1ccc(C#N)cc1)c1cc(I)ccc1O. The number of amides is 2. The van der Waals surface area contributed by atoms with E-state index in [2.05, 4.69) is 27.9 Å². The highest BCUT2D eigenvalue weighted by molar-refractivity contribution is 14.1. The molecule has 0 radical (unpaired) electrons. The van der Waals surface area contributed by atoms with Crippen LogP contribution in [0.15, 0.2) is 54.6 Å². The van der Waals surface area contributed by atoms with Gasteiger partial charge in [-0.1, -0.05) is 13.0 Å². The first-order valence-corrected chi connectivity index (χ1v) is 9.50. The Hall–Kier alpha value is -3.10. The Morgan fingerprint density at radius 1 is 1.24 bits per heavy atom. The minimum Gasteiger partial charge on any atom is -0.508 e. The zero-order chi connectivity index (χ0) is 21.4. The number of hydrogen-bond acceptors (Lipinski definition) is 6. The number of ether oxygens (including phenoxy) is 1. The van der Waals surface area contributed by atoms with Crippen LogP contribution in [-0.4, -0.2) is 22.3 Å². The average Bonchev–Trinajstić information content (AvgIpc) is 2.72. The minimum atomic E-state index is -0.911. The lowest BCUT2D eigenvalue weighted by atomic mass is 9.96. The third-order valence-corrected chi connectivity index (χ3v) is 4.60. The molecule has 0 aromatic heterocycles. The molecule has 2 amide bonds. The van der Waals surface area contributed by atoms with Gasteiger partial charge in [0.05, 0.1) is 11.6 Å². The zero-order valence-electron chi connectivity index (χ0n) is 15.3. The molecule has 2 atom stereocenters. The number of phenols is 1. The van der Waals surface area contributed by atoms with Gasteiger partial charge in [-0.05, 0) is 65.1 Å². The van der Waals surface area contributed by atoms with E-state index >= 15 is 0 Å². The summed E-state index contributed by atoms with van der Waals surface area (Å²) >= 11 is 2.07. The fraction of sp³-hybridized carbons (Fsp3) is 0.150. The Kier molecular flexibility index (Phi) is 7.99. The molecule has 0 spiro atoms. The summed E-state index contributed by atoms with van der Waals surface area (Å²) in [4.78, 5) is 23.7. The van der Waals surface area contributed by atoms with Crippen LogP contribution in [0.3, 0.4) is 0 Å². The van der Waals surface area contributed by atoms with Gasteiger partial charge in [0.1, 0.15) is 11.9 Å². The highest BCUT2D eigenvalue weighted by atomic mass is 127. The maximum atomic E-state index is 12.4. The van der Waals surface area contributed by atoms with Crippen molar-refractivity contribution in [2.45, 2.75) is 13.0 Å². The number of benzene rings is 2. The Morgan fingerprint density at radius 2 is 1.93 bits per heavy atom. The molecule has 4 N–H and O–H groups in total. The molecule has 0 aliphatic rings. The van der Waals surface area contributed by atoms with Crippen molar-refractivity contribution in [1.29, 1.82) is 5.26 Å². The maximum absolute atomic E-state index is 12.4. The Labute approximate surface area is 180 Å². The first kappa shape index (κ1) is 22.2. The minimum absolute atomic E-state index is 0.0616. The molecule has 0 fully saturated rings. The first-order chi connectivity index (χ1) is 13.8. The van der Waals surface area contributed by atoms with Crippen molar-refractivity contribution in [2.24, 2.45) is 5.92 Å². The quantitative estimate of drug-likeness (QED) is 0.203. The van der Waals surface area contributed by atoms with E-state index in [0.717, 1.165) is 9.65 Å². The number of halogens is 1. The lowest BCUT2D eigenvalue weighted by molar-refractivity contribution is -0.124. The molecule has 0 bridgehead atoms. The lowest BCUT2D eigenvalue weighted by Gasteiger charge is -2.23. The van der Waals surface area contributed by atoms with E-state index in [1.54, 1.807) is 43.3 Å². The molecule has 2 aromatic rings. The monoisotopic (exact) mass is 507 g/mol. The van der Waals surface area contributed by atoms with E-state index in [1.807, 2.05) is 6.07 Å². The van der Waals surface area contributed by atoms with E-state index in [0.29, 0.717) is 16.8 Å². The van der Waals surface area contributed by atoms with Crippen LogP contribution in [-0.2, 0) is 9.53 Å². The molecule has 150 valence electrons. The largest absolute Gasteiger partial charge is 0.508 e. The number of hydroxylamine groups is 1. The van der Waals surface area contributed by atoms with E-state index in [4.69, 9.17) is 15.2 Å². The van der Waals surface area contributed by atoms with Gasteiger partial charge >= 0.3 is 6.09 Å². The van der Waals surface area contributed by atoms with Crippen LogP contribution in [0.25, 0.3) is 0 Å². The molecule has 0 unspecified atom stereocenters. The van der Waals surface area contributed by atoms with E-state index in [-0.39, 0.29) is 5.75 Å². The van der Waals surface area contributed by atoms with E-state index in [1.165, 1.54) is 17.6 Å². The smallest absolute Gasteiger partial charge is 0.412 e. The molecule has 9 heteroatoms. The van der Waals surface area contributed by atoms with Crippen molar-refractivity contribution < 1.29 is 24.6 Å². The normalized spacial score (nSPS) is 12.6. The highest BCUT2D eigenvalue weighted by Crippen LogP contribution is 2.34. The van der Waals surface area contributed by atoms with Crippen molar-refractivity contribution in [3.8, 4) is 11.8 Å². The van der Waals surface area contributed by atoms with Crippen molar-refractivity contribution in [3.63, 3.8) is 0 Å². The van der Waals surface area contributed by atoms with Crippen LogP contribution in [0, 0.1) is 20.8 Å². The van der Waals surface area contributed by atoms with Crippen molar-refractivity contribution in [2.75, 3.05) is 5.32 Å². The molecular formula is C20H18IN3O5. The fourth-order valence-corrected chi connectivity index (χ4v) is 2.99. The van der Waals surface area contributed by atoms with Gasteiger partial charge < -0.3 is 9.84 Å². The molecule has 0 saturated carbocycles. The Morgan fingerprint density at radius 3 is 2.55 bits per heavy atom. The van der Waals surface area contributed by atoms with Gasteiger partial charge in [0.2, 0.25) is 0 Å². The predicted octanol–water partition coefficient (Wildman–Crippen LogP) is 3.86. The van der Waals surface area contributed by atoms with Gasteiger partial charge in [0, 0.05) is 26.8 Å². The standard InChI is InChI=1S/C20H18IN3O5/c1-12(2-9-18(26)24-28)19(16-10-14(21)5-8-17(16)25)29-20(27)23-15-6-3-13(11-22)4-7-15/h2-10,12,19,25,28H,1H3,(H,23,27)(H,24,26)/b9-2+/t12-,19-/m0/s1. The van der Waals surface area contributed by atoms with Crippen LogP contribution in [0.4, 0.5) is 10.5 Å². The van der Waals surface area contributed by atoms with Gasteiger partial charge in [0.15, 0.2) is 0 Å². The third kappa shape index (κ3) is 6.48. The average molecular weight is 507 g/mol. The summed E-state index contributed by atoms with van der Waals surface area (Å²) in [5.41, 5.74) is 2.74. The van der Waals surface area contributed by atoms with Gasteiger partial charge in [-0.3, -0.25) is 15.3 Å². The summed E-state index contributed by atoms with van der Waals surface area (Å²) in [6.45, 7) is 1.69. The van der Waals surface area contributed by atoms with Crippen LogP contribution < -0.4 is 10.8 Å². The van der Waals surface area contributed by atoms with Gasteiger partial charge in [-0.25, -0.2) is 10.3 Å². The highest BCUT2D eigenvalue weighted by Gasteiger charge is 2.25. The summed E-state index contributed by atoms with van der Waals surface area (Å²) in [7, 11) is 0. The second-order valence-corrected chi connectivity index (χ2v) is 7.28. The second kappa shape index (κ2) is 10.4. The van der Waals surface area contributed by atoms with Crippen LogP contribution >= 0.6 is 22.6 Å². The second-order valence-electron chi connectivity index (χ2n) is 6.04. The summed E-state index contributed by atoms with van der Waals surface area (Å²) in [6.07, 6.45) is 0.866. The number of phenolic OH excluding ortho intramolecular Hbond substituents is 1. The number of carbonyl (C=O) groups excluding carboxylic acids is 2. The zero-order valence-corrected chi connectivity index (χ0v) is 17.5. The molecule has 8 nitrogen and oxygen atoms in total. The number of nitriles is 1.